The fourth-order valence-corrected chi connectivity index (χ4v) is 2.85. The van der Waals surface area contributed by atoms with Crippen molar-refractivity contribution in [2.75, 3.05) is 5.32 Å². The summed E-state index contributed by atoms with van der Waals surface area (Å²) >= 11 is 6.10. The number of rotatable bonds is 4. The summed E-state index contributed by atoms with van der Waals surface area (Å²) in [5.74, 6) is 0.262. The first-order valence-corrected chi connectivity index (χ1v) is 8.82. The maximum absolute atomic E-state index is 12.5. The number of nitrogens with one attached hydrogen (secondary N) is 2. The van der Waals surface area contributed by atoms with E-state index in [2.05, 4.69) is 20.3 Å². The minimum absolute atomic E-state index is 0.110. The second kappa shape index (κ2) is 8.05. The van der Waals surface area contributed by atoms with Crippen LogP contribution < -0.4 is 16.6 Å². The van der Waals surface area contributed by atoms with E-state index in [9.17, 15) is 4.79 Å². The Bertz CT molecular complexity index is 1040. The number of aryl methyl sites for hydroxylation is 1. The second-order valence-corrected chi connectivity index (χ2v) is 6.56. The molecule has 0 saturated heterocycles. The largest absolute Gasteiger partial charge is 0.369 e. The first-order valence-electron chi connectivity index (χ1n) is 8.44. The first kappa shape index (κ1) is 18.7. The number of H-pyrrole nitrogens is 1. The van der Waals surface area contributed by atoms with E-state index in [4.69, 9.17) is 17.3 Å². The molecule has 6 nitrogen and oxygen atoms in total. The predicted octanol–water partition coefficient (Wildman–Crippen LogP) is 3.69. The van der Waals surface area contributed by atoms with Gasteiger partial charge in [-0.3, -0.25) is 9.78 Å². The zero-order valence-corrected chi connectivity index (χ0v) is 15.8. The zero-order chi connectivity index (χ0) is 19.4. The molecule has 0 radical (unpaired) electrons. The molecule has 0 aliphatic heterocycles. The number of aromatic amines is 1. The standard InChI is InChI=1S/C20H20ClN5O/c1-12-16(21)9-6-10-17(12)24-19(22)26-20-23-13(2)15(18(27)25-20)11-14-7-4-3-5-8-14/h3-10H,11H2,1-2H3,(H4,22,23,24,25,26,27). The lowest BCUT2D eigenvalue weighted by Gasteiger charge is -2.10. The third kappa shape index (κ3) is 4.54. The highest BCUT2D eigenvalue weighted by molar-refractivity contribution is 6.31. The zero-order valence-electron chi connectivity index (χ0n) is 15.1. The van der Waals surface area contributed by atoms with Crippen LogP contribution in [-0.4, -0.2) is 15.9 Å². The fraction of sp³-hybridized carbons (Fsp3) is 0.150. The maximum atomic E-state index is 12.5. The lowest BCUT2D eigenvalue weighted by molar-refractivity contribution is 0.973. The van der Waals surface area contributed by atoms with Gasteiger partial charge in [-0.05, 0) is 37.1 Å². The minimum Gasteiger partial charge on any atom is -0.369 e. The molecule has 0 fully saturated rings. The Morgan fingerprint density at radius 2 is 1.93 bits per heavy atom. The van der Waals surface area contributed by atoms with Gasteiger partial charge in [0.25, 0.3) is 5.56 Å². The SMILES string of the molecule is Cc1nc(/N=C(/N)Nc2cccc(Cl)c2C)[nH]c(=O)c1Cc1ccccc1. The van der Waals surface area contributed by atoms with Crippen molar-refractivity contribution in [2.45, 2.75) is 20.3 Å². The van der Waals surface area contributed by atoms with Crippen LogP contribution in [0.5, 0.6) is 0 Å². The number of benzene rings is 2. The maximum Gasteiger partial charge on any atom is 0.256 e. The summed E-state index contributed by atoms with van der Waals surface area (Å²) in [7, 11) is 0. The molecule has 0 unspecified atom stereocenters. The normalized spacial score (nSPS) is 11.4. The summed E-state index contributed by atoms with van der Waals surface area (Å²) in [5, 5.41) is 3.60. The van der Waals surface area contributed by atoms with Gasteiger partial charge in [0.15, 0.2) is 0 Å². The van der Waals surface area contributed by atoms with E-state index in [0.29, 0.717) is 22.7 Å². The molecule has 3 aromatic rings. The Hall–Kier alpha value is -3.12. The molecular formula is C20H20ClN5O. The van der Waals surface area contributed by atoms with Crippen LogP contribution in [0, 0.1) is 13.8 Å². The number of guanidine groups is 1. The number of halogens is 1. The molecule has 2 aromatic carbocycles. The molecule has 0 aliphatic carbocycles. The molecule has 27 heavy (non-hydrogen) atoms. The molecule has 0 amide bonds. The van der Waals surface area contributed by atoms with Crippen LogP contribution in [0.1, 0.15) is 22.4 Å². The third-order valence-electron chi connectivity index (χ3n) is 4.19. The van der Waals surface area contributed by atoms with Crippen molar-refractivity contribution in [1.82, 2.24) is 9.97 Å². The minimum atomic E-state index is -0.225. The molecular weight excluding hydrogens is 362 g/mol. The number of hydrogen-bond acceptors (Lipinski definition) is 3. The average molecular weight is 382 g/mol. The summed E-state index contributed by atoms with van der Waals surface area (Å²) in [6.07, 6.45) is 0.508. The van der Waals surface area contributed by atoms with Gasteiger partial charge in [-0.15, -0.1) is 0 Å². The number of aliphatic imine (C=N–C) groups is 1. The van der Waals surface area contributed by atoms with Crippen molar-refractivity contribution < 1.29 is 0 Å². The van der Waals surface area contributed by atoms with Crippen LogP contribution in [0.2, 0.25) is 5.02 Å². The number of aromatic nitrogens is 2. The lowest BCUT2D eigenvalue weighted by Crippen LogP contribution is -2.23. The average Bonchev–Trinajstić information content (AvgIpc) is 2.63. The quantitative estimate of drug-likeness (QED) is 0.474. The monoisotopic (exact) mass is 381 g/mol. The molecule has 4 N–H and O–H groups in total. The summed E-state index contributed by atoms with van der Waals surface area (Å²) < 4.78 is 0. The Morgan fingerprint density at radius 1 is 1.19 bits per heavy atom. The van der Waals surface area contributed by atoms with Crippen molar-refractivity contribution in [2.24, 2.45) is 10.7 Å². The molecule has 1 heterocycles. The van der Waals surface area contributed by atoms with Crippen LogP contribution in [-0.2, 0) is 6.42 Å². The number of nitrogens with zero attached hydrogens (tertiary/aromatic N) is 2. The molecule has 0 saturated carbocycles. The topological polar surface area (TPSA) is 96.2 Å². The van der Waals surface area contributed by atoms with E-state index in [0.717, 1.165) is 16.8 Å². The van der Waals surface area contributed by atoms with Gasteiger partial charge in [0.1, 0.15) is 0 Å². The van der Waals surface area contributed by atoms with Crippen molar-refractivity contribution in [3.63, 3.8) is 0 Å². The van der Waals surface area contributed by atoms with Crippen LogP contribution in [0.4, 0.5) is 11.6 Å². The fourth-order valence-electron chi connectivity index (χ4n) is 2.68. The van der Waals surface area contributed by atoms with Gasteiger partial charge in [-0.25, -0.2) is 4.98 Å². The van der Waals surface area contributed by atoms with Crippen molar-refractivity contribution in [3.8, 4) is 0 Å². The van der Waals surface area contributed by atoms with Crippen LogP contribution in [0.3, 0.4) is 0 Å². The lowest BCUT2D eigenvalue weighted by atomic mass is 10.1. The summed E-state index contributed by atoms with van der Waals surface area (Å²) in [5.41, 5.74) is 9.59. The van der Waals surface area contributed by atoms with Gasteiger partial charge < -0.3 is 11.1 Å². The van der Waals surface area contributed by atoms with Gasteiger partial charge in [0.2, 0.25) is 11.9 Å². The molecule has 0 bridgehead atoms. The van der Waals surface area contributed by atoms with Gasteiger partial charge in [0, 0.05) is 22.7 Å². The van der Waals surface area contributed by atoms with Gasteiger partial charge in [-0.2, -0.15) is 4.99 Å². The summed E-state index contributed by atoms with van der Waals surface area (Å²) in [6.45, 7) is 3.66. The van der Waals surface area contributed by atoms with Crippen LogP contribution >= 0.6 is 11.6 Å². The van der Waals surface area contributed by atoms with E-state index in [1.54, 1.807) is 13.0 Å². The predicted molar refractivity (Wildman–Crippen MR) is 110 cm³/mol. The molecule has 138 valence electrons. The molecule has 1 aromatic heterocycles. The highest BCUT2D eigenvalue weighted by Gasteiger charge is 2.10. The Labute approximate surface area is 162 Å². The number of hydrogen-bond donors (Lipinski definition) is 3. The molecule has 0 aliphatic rings. The summed E-state index contributed by atoms with van der Waals surface area (Å²) in [4.78, 5) is 23.7. The van der Waals surface area contributed by atoms with E-state index >= 15 is 0 Å². The van der Waals surface area contributed by atoms with Gasteiger partial charge in [-0.1, -0.05) is 48.0 Å². The Balaban J connectivity index is 1.84. The molecule has 0 atom stereocenters. The summed E-state index contributed by atoms with van der Waals surface area (Å²) in [6, 6.07) is 15.2. The van der Waals surface area contributed by atoms with Crippen molar-refractivity contribution in [1.29, 1.82) is 0 Å². The Kier molecular flexibility index (Phi) is 5.57. The van der Waals surface area contributed by atoms with E-state index < -0.39 is 0 Å². The van der Waals surface area contributed by atoms with Crippen LogP contribution in [0.25, 0.3) is 0 Å². The number of anilines is 1. The van der Waals surface area contributed by atoms with Crippen molar-refractivity contribution in [3.05, 3.63) is 86.3 Å². The highest BCUT2D eigenvalue weighted by atomic mass is 35.5. The smallest absolute Gasteiger partial charge is 0.256 e. The van der Waals surface area contributed by atoms with E-state index in [1.165, 1.54) is 0 Å². The van der Waals surface area contributed by atoms with Crippen LogP contribution in [0.15, 0.2) is 58.3 Å². The molecule has 7 heteroatoms. The van der Waals surface area contributed by atoms with Gasteiger partial charge >= 0.3 is 0 Å². The van der Waals surface area contributed by atoms with Gasteiger partial charge in [0.05, 0.1) is 5.69 Å². The highest BCUT2D eigenvalue weighted by Crippen LogP contribution is 2.22. The third-order valence-corrected chi connectivity index (χ3v) is 4.60. The number of nitrogens with two attached hydrogens (primary N) is 1. The molecule has 3 rings (SSSR count). The van der Waals surface area contributed by atoms with E-state index in [1.807, 2.05) is 49.4 Å². The Morgan fingerprint density at radius 3 is 2.63 bits per heavy atom. The van der Waals surface area contributed by atoms with Crippen molar-refractivity contribution >= 4 is 29.2 Å². The van der Waals surface area contributed by atoms with E-state index in [-0.39, 0.29) is 17.5 Å². The first-order chi connectivity index (χ1) is 12.9. The second-order valence-electron chi connectivity index (χ2n) is 6.15. The molecule has 0 spiro atoms.